The molecule has 2 aromatic heterocycles. The fraction of sp³-hybridized carbons (Fsp3) is 0.192. The van der Waals surface area contributed by atoms with Crippen molar-refractivity contribution in [2.45, 2.75) is 33.4 Å². The summed E-state index contributed by atoms with van der Waals surface area (Å²) in [7, 11) is 0. The lowest BCUT2D eigenvalue weighted by Crippen LogP contribution is -2.25. The molecule has 5 rings (SSSR count). The Morgan fingerprint density at radius 2 is 1.82 bits per heavy atom. The number of benzene rings is 3. The van der Waals surface area contributed by atoms with Crippen molar-refractivity contribution in [2.75, 3.05) is 0 Å². The molecule has 0 unspecified atom stereocenters. The Bertz CT molecular complexity index is 1560. The van der Waals surface area contributed by atoms with Crippen LogP contribution in [0.25, 0.3) is 32.2 Å². The third kappa shape index (κ3) is 3.74. The van der Waals surface area contributed by atoms with E-state index in [1.165, 1.54) is 17.1 Å². The van der Waals surface area contributed by atoms with E-state index in [-0.39, 0.29) is 18.7 Å². The van der Waals surface area contributed by atoms with Crippen molar-refractivity contribution in [3.8, 4) is 11.1 Å². The van der Waals surface area contributed by atoms with Crippen molar-refractivity contribution in [2.24, 2.45) is 0 Å². The number of hydrogen-bond acceptors (Lipinski definition) is 4. The Balaban J connectivity index is 1.73. The summed E-state index contributed by atoms with van der Waals surface area (Å²) < 4.78 is 9.10. The zero-order valence-electron chi connectivity index (χ0n) is 18.4. The van der Waals surface area contributed by atoms with E-state index in [0.717, 1.165) is 43.5 Å². The standard InChI is InChI=1S/C26H23N3O3S/c1-16-13-17(2)24-20(27-33-22(24)14-16)15-29-21-10-6-9-19(18-7-4-3-5-8-18)25(21)28(26(29)32)12-11-23(30)31/h3-10,13-14H,11-12,15H2,1-2H3,(H,30,31). The second kappa shape index (κ2) is 8.33. The quantitative estimate of drug-likeness (QED) is 0.379. The van der Waals surface area contributed by atoms with E-state index in [2.05, 4.69) is 30.4 Å². The van der Waals surface area contributed by atoms with Crippen molar-refractivity contribution < 1.29 is 9.90 Å². The van der Waals surface area contributed by atoms with Crippen LogP contribution in [-0.4, -0.2) is 24.6 Å². The molecule has 0 aliphatic rings. The molecule has 3 aromatic carbocycles. The first-order valence-electron chi connectivity index (χ1n) is 10.8. The maximum absolute atomic E-state index is 13.6. The van der Waals surface area contributed by atoms with Gasteiger partial charge in [0.1, 0.15) is 0 Å². The van der Waals surface area contributed by atoms with Gasteiger partial charge in [-0.1, -0.05) is 48.5 Å². The van der Waals surface area contributed by atoms with Gasteiger partial charge in [0.2, 0.25) is 0 Å². The van der Waals surface area contributed by atoms with Crippen molar-refractivity contribution in [3.05, 3.63) is 88.0 Å². The number of para-hydroxylation sites is 1. The molecule has 2 heterocycles. The Morgan fingerprint density at radius 3 is 2.58 bits per heavy atom. The number of aliphatic carboxylic acids is 1. The van der Waals surface area contributed by atoms with Gasteiger partial charge >= 0.3 is 11.7 Å². The Hall–Kier alpha value is -3.71. The minimum absolute atomic E-state index is 0.109. The number of carboxylic acids is 1. The average Bonchev–Trinajstić information content (AvgIpc) is 3.32. The molecule has 0 saturated carbocycles. The summed E-state index contributed by atoms with van der Waals surface area (Å²) in [6, 6.07) is 19.9. The van der Waals surface area contributed by atoms with E-state index < -0.39 is 5.97 Å². The molecule has 1 N–H and O–H groups in total. The van der Waals surface area contributed by atoms with E-state index in [4.69, 9.17) is 0 Å². The molecule has 5 aromatic rings. The largest absolute Gasteiger partial charge is 0.481 e. The Kier molecular flexibility index (Phi) is 5.34. The summed E-state index contributed by atoms with van der Waals surface area (Å²) in [5.41, 5.74) is 6.38. The zero-order valence-corrected chi connectivity index (χ0v) is 19.2. The van der Waals surface area contributed by atoms with E-state index in [0.29, 0.717) is 6.54 Å². The van der Waals surface area contributed by atoms with Crippen molar-refractivity contribution in [1.29, 1.82) is 0 Å². The molecule has 0 spiro atoms. The number of carboxylic acid groups (broad SMARTS) is 1. The first-order valence-corrected chi connectivity index (χ1v) is 11.6. The lowest BCUT2D eigenvalue weighted by molar-refractivity contribution is -0.137. The fourth-order valence-electron chi connectivity index (χ4n) is 4.57. The Labute approximate surface area is 194 Å². The first kappa shape index (κ1) is 21.2. The number of aryl methyl sites for hydroxylation is 3. The highest BCUT2D eigenvalue weighted by molar-refractivity contribution is 7.13. The highest BCUT2D eigenvalue weighted by Gasteiger charge is 2.20. The molecule has 0 radical (unpaired) electrons. The van der Waals surface area contributed by atoms with Gasteiger partial charge in [0.05, 0.1) is 34.4 Å². The first-order chi connectivity index (χ1) is 15.9. The number of nitrogens with zero attached hydrogens (tertiary/aromatic N) is 3. The van der Waals surface area contributed by atoms with Crippen LogP contribution in [0.5, 0.6) is 0 Å². The normalized spacial score (nSPS) is 11.5. The molecule has 6 nitrogen and oxygen atoms in total. The zero-order chi connectivity index (χ0) is 23.1. The summed E-state index contributed by atoms with van der Waals surface area (Å²) in [4.78, 5) is 24.9. The van der Waals surface area contributed by atoms with Crippen LogP contribution in [-0.2, 0) is 17.9 Å². The van der Waals surface area contributed by atoms with Gasteiger partial charge in [0.15, 0.2) is 0 Å². The van der Waals surface area contributed by atoms with Gasteiger partial charge in [0.25, 0.3) is 0 Å². The number of aromatic nitrogens is 3. The molecule has 33 heavy (non-hydrogen) atoms. The van der Waals surface area contributed by atoms with Crippen LogP contribution in [0.3, 0.4) is 0 Å². The molecule has 0 atom stereocenters. The highest BCUT2D eigenvalue weighted by atomic mass is 32.1. The minimum Gasteiger partial charge on any atom is -0.481 e. The predicted octanol–water partition coefficient (Wildman–Crippen LogP) is 5.22. The van der Waals surface area contributed by atoms with Gasteiger partial charge in [-0.2, -0.15) is 4.37 Å². The smallest absolute Gasteiger partial charge is 0.329 e. The summed E-state index contributed by atoms with van der Waals surface area (Å²) in [5, 5.41) is 10.4. The maximum atomic E-state index is 13.6. The Morgan fingerprint density at radius 1 is 1.03 bits per heavy atom. The lowest BCUT2D eigenvalue weighted by Gasteiger charge is -2.08. The number of carbonyl (C=O) groups is 1. The molecule has 0 amide bonds. The van der Waals surface area contributed by atoms with Crippen LogP contribution in [0.4, 0.5) is 0 Å². The number of fused-ring (bicyclic) bond motifs is 2. The average molecular weight is 458 g/mol. The third-order valence-electron chi connectivity index (χ3n) is 5.97. The summed E-state index contributed by atoms with van der Waals surface area (Å²) in [6.45, 7) is 4.58. The molecule has 0 aliphatic carbocycles. The van der Waals surface area contributed by atoms with Crippen LogP contribution in [0, 0.1) is 13.8 Å². The van der Waals surface area contributed by atoms with Gasteiger partial charge in [-0.05, 0) is 54.2 Å². The minimum atomic E-state index is -0.934. The van der Waals surface area contributed by atoms with E-state index in [9.17, 15) is 14.7 Å². The molecule has 0 bridgehead atoms. The van der Waals surface area contributed by atoms with E-state index in [1.807, 2.05) is 48.5 Å². The second-order valence-corrected chi connectivity index (χ2v) is 9.09. The summed E-state index contributed by atoms with van der Waals surface area (Å²) in [6.07, 6.45) is -0.125. The third-order valence-corrected chi connectivity index (χ3v) is 6.80. The number of rotatable bonds is 6. The van der Waals surface area contributed by atoms with E-state index >= 15 is 0 Å². The maximum Gasteiger partial charge on any atom is 0.329 e. The van der Waals surface area contributed by atoms with Gasteiger partial charge in [-0.15, -0.1) is 0 Å². The van der Waals surface area contributed by atoms with Crippen LogP contribution in [0.2, 0.25) is 0 Å². The molecule has 0 saturated heterocycles. The van der Waals surface area contributed by atoms with Gasteiger partial charge in [-0.3, -0.25) is 13.9 Å². The number of hydrogen-bond donors (Lipinski definition) is 1. The van der Waals surface area contributed by atoms with Crippen molar-refractivity contribution in [1.82, 2.24) is 13.5 Å². The van der Waals surface area contributed by atoms with Gasteiger partial charge in [-0.25, -0.2) is 4.79 Å². The van der Waals surface area contributed by atoms with Gasteiger partial charge < -0.3 is 5.11 Å². The van der Waals surface area contributed by atoms with Crippen LogP contribution in [0.15, 0.2) is 65.5 Å². The van der Waals surface area contributed by atoms with Crippen LogP contribution >= 0.6 is 11.5 Å². The fourth-order valence-corrected chi connectivity index (χ4v) is 5.54. The molecular formula is C26H23N3O3S. The van der Waals surface area contributed by atoms with Crippen molar-refractivity contribution >= 4 is 38.6 Å². The van der Waals surface area contributed by atoms with Gasteiger partial charge in [0, 0.05) is 17.5 Å². The van der Waals surface area contributed by atoms with E-state index in [1.54, 1.807) is 9.13 Å². The number of imidazole rings is 1. The molecule has 166 valence electrons. The molecule has 0 aliphatic heterocycles. The molecule has 7 heteroatoms. The topological polar surface area (TPSA) is 77.1 Å². The summed E-state index contributed by atoms with van der Waals surface area (Å²) >= 11 is 1.44. The predicted molar refractivity (Wildman–Crippen MR) is 132 cm³/mol. The summed E-state index contributed by atoms with van der Waals surface area (Å²) in [5.74, 6) is -0.934. The van der Waals surface area contributed by atoms with Crippen LogP contribution < -0.4 is 5.69 Å². The monoisotopic (exact) mass is 457 g/mol. The lowest BCUT2D eigenvalue weighted by atomic mass is 10.0. The molecular weight excluding hydrogens is 434 g/mol. The SMILES string of the molecule is Cc1cc(C)c2c(Cn3c(=O)n(CCC(=O)O)c4c(-c5ccccc5)cccc43)nsc2c1. The second-order valence-electron chi connectivity index (χ2n) is 8.29. The highest BCUT2D eigenvalue weighted by Crippen LogP contribution is 2.31. The molecule has 0 fully saturated rings. The van der Waals surface area contributed by atoms with Crippen LogP contribution in [0.1, 0.15) is 23.2 Å². The van der Waals surface area contributed by atoms with Crippen molar-refractivity contribution in [3.63, 3.8) is 0 Å².